The van der Waals surface area contributed by atoms with E-state index in [-0.39, 0.29) is 12.2 Å². The minimum Gasteiger partial charge on any atom is -0.325 e. The molecule has 0 saturated carbocycles. The second kappa shape index (κ2) is 10.6. The summed E-state index contributed by atoms with van der Waals surface area (Å²) < 4.78 is 55.4. The van der Waals surface area contributed by atoms with Crippen molar-refractivity contribution in [2.24, 2.45) is 5.92 Å². The summed E-state index contributed by atoms with van der Waals surface area (Å²) in [5.41, 5.74) is -0.279. The van der Waals surface area contributed by atoms with E-state index in [1.807, 2.05) is 0 Å². The van der Waals surface area contributed by atoms with Gasteiger partial charge in [0.25, 0.3) is 0 Å². The fourth-order valence-corrected chi connectivity index (χ4v) is 8.00. The number of anilines is 2. The summed E-state index contributed by atoms with van der Waals surface area (Å²) in [6.07, 6.45) is -4.69. The van der Waals surface area contributed by atoms with Gasteiger partial charge in [-0.2, -0.15) is 13.2 Å². The summed E-state index contributed by atoms with van der Waals surface area (Å²) in [4.78, 5) is 54.3. The molecule has 1 fully saturated rings. The quantitative estimate of drug-likeness (QED) is 0.237. The third kappa shape index (κ3) is 4.92. The predicted molar refractivity (Wildman–Crippen MR) is 149 cm³/mol. The number of alkyl halides is 3. The zero-order chi connectivity index (χ0) is 29.8. The number of halogens is 4. The van der Waals surface area contributed by atoms with Crippen LogP contribution in [0.1, 0.15) is 21.9 Å². The normalized spacial score (nSPS) is 19.9. The number of fused-ring (bicyclic) bond motifs is 2. The van der Waals surface area contributed by atoms with E-state index in [1.54, 1.807) is 30.3 Å². The smallest absolute Gasteiger partial charge is 0.325 e. The highest BCUT2D eigenvalue weighted by atomic mass is 32.2. The Morgan fingerprint density at radius 3 is 2.31 bits per heavy atom. The fraction of sp³-hybridized carbons (Fsp3) is 0.172. The van der Waals surface area contributed by atoms with Gasteiger partial charge in [-0.25, -0.2) is 9.29 Å². The summed E-state index contributed by atoms with van der Waals surface area (Å²) in [6.45, 7) is -0.375. The van der Waals surface area contributed by atoms with Gasteiger partial charge in [0.15, 0.2) is 0 Å². The largest absolute Gasteiger partial charge is 0.416 e. The standard InChI is InChI=1S/C29H19F4N3O4S2/c30-17-11-9-15(10-12-17)21-22-23(26(39)36(25(22)38)19-8-4-5-16(13-19)29(31,32)33)41-27-24(21)42-28(40)35(27)14-20(37)34-18-6-2-1-3-7-18/h1-13,21-23H,14H2,(H,34,37)/t21-,22-,23+/m0/s1. The van der Waals surface area contributed by atoms with Crippen LogP contribution in [0.15, 0.2) is 88.7 Å². The maximum Gasteiger partial charge on any atom is 0.416 e. The molecule has 13 heteroatoms. The maximum atomic E-state index is 13.8. The fourth-order valence-electron chi connectivity index (χ4n) is 5.23. The molecule has 2 aliphatic heterocycles. The first-order chi connectivity index (χ1) is 20.0. The molecule has 3 aromatic carbocycles. The van der Waals surface area contributed by atoms with Crippen LogP contribution in [0.5, 0.6) is 0 Å². The monoisotopic (exact) mass is 613 g/mol. The molecular formula is C29H19F4N3O4S2. The Balaban J connectivity index is 1.42. The molecule has 3 atom stereocenters. The minimum atomic E-state index is -4.69. The molecule has 1 N–H and O–H groups in total. The molecule has 42 heavy (non-hydrogen) atoms. The Kier molecular flexibility index (Phi) is 7.01. The lowest BCUT2D eigenvalue weighted by Crippen LogP contribution is -2.33. The SMILES string of the molecule is O=C(Cn1c2c(sc1=O)[C@@H](c1ccc(F)cc1)[C@@H]1C(=O)N(c3cccc(C(F)(F)F)c3)C(=O)[C@@H]1S2)Nc1ccccc1. The molecule has 0 radical (unpaired) electrons. The lowest BCUT2D eigenvalue weighted by Gasteiger charge is -2.30. The van der Waals surface area contributed by atoms with Crippen LogP contribution >= 0.6 is 23.1 Å². The number of aromatic nitrogens is 1. The first-order valence-corrected chi connectivity index (χ1v) is 14.3. The van der Waals surface area contributed by atoms with Gasteiger partial charge in [-0.15, -0.1) is 0 Å². The average molecular weight is 614 g/mol. The molecule has 1 aromatic heterocycles. The Labute approximate surface area is 243 Å². The number of imide groups is 1. The van der Waals surface area contributed by atoms with E-state index in [1.165, 1.54) is 34.9 Å². The van der Waals surface area contributed by atoms with Gasteiger partial charge in [-0.1, -0.05) is 59.5 Å². The predicted octanol–water partition coefficient (Wildman–Crippen LogP) is 5.50. The molecule has 0 spiro atoms. The topological polar surface area (TPSA) is 88.5 Å². The zero-order valence-corrected chi connectivity index (χ0v) is 22.9. The summed E-state index contributed by atoms with van der Waals surface area (Å²) >= 11 is 1.74. The van der Waals surface area contributed by atoms with Crippen LogP contribution in [0.2, 0.25) is 0 Å². The number of para-hydroxylation sites is 1. The van der Waals surface area contributed by atoms with Gasteiger partial charge in [0.2, 0.25) is 17.7 Å². The van der Waals surface area contributed by atoms with Crippen molar-refractivity contribution >= 4 is 52.2 Å². The van der Waals surface area contributed by atoms with Crippen molar-refractivity contribution < 1.29 is 31.9 Å². The molecule has 214 valence electrons. The first kappa shape index (κ1) is 27.9. The van der Waals surface area contributed by atoms with E-state index in [0.29, 0.717) is 21.2 Å². The maximum absolute atomic E-state index is 13.8. The van der Waals surface area contributed by atoms with E-state index in [4.69, 9.17) is 0 Å². The van der Waals surface area contributed by atoms with Crippen molar-refractivity contribution in [2.75, 3.05) is 10.2 Å². The molecule has 4 aromatic rings. The number of hydrogen-bond acceptors (Lipinski definition) is 6. The van der Waals surface area contributed by atoms with Crippen molar-refractivity contribution in [3.05, 3.63) is 110 Å². The number of hydrogen-bond donors (Lipinski definition) is 1. The number of nitrogens with one attached hydrogen (secondary N) is 1. The second-order valence-corrected chi connectivity index (χ2v) is 11.8. The number of thiazole rings is 1. The summed E-state index contributed by atoms with van der Waals surface area (Å²) in [7, 11) is 0. The van der Waals surface area contributed by atoms with Gasteiger partial charge in [0.1, 0.15) is 17.6 Å². The number of nitrogens with zero attached hydrogens (tertiary/aromatic N) is 2. The van der Waals surface area contributed by atoms with E-state index in [0.717, 1.165) is 46.2 Å². The van der Waals surface area contributed by atoms with Gasteiger partial charge in [-0.3, -0.25) is 23.7 Å². The minimum absolute atomic E-state index is 0.226. The Bertz CT molecular complexity index is 1770. The highest BCUT2D eigenvalue weighted by Gasteiger charge is 2.57. The number of benzene rings is 3. The highest BCUT2D eigenvalue weighted by Crippen LogP contribution is 2.54. The highest BCUT2D eigenvalue weighted by molar-refractivity contribution is 8.00. The first-order valence-electron chi connectivity index (χ1n) is 12.6. The molecule has 7 nitrogen and oxygen atoms in total. The van der Waals surface area contributed by atoms with Crippen LogP contribution in [0, 0.1) is 11.7 Å². The van der Waals surface area contributed by atoms with Gasteiger partial charge in [-0.05, 0) is 48.0 Å². The number of amides is 3. The average Bonchev–Trinajstić information content (AvgIpc) is 3.40. The van der Waals surface area contributed by atoms with Crippen molar-refractivity contribution in [3.8, 4) is 0 Å². The second-order valence-electron chi connectivity index (χ2n) is 9.69. The van der Waals surface area contributed by atoms with Crippen molar-refractivity contribution in [1.82, 2.24) is 4.57 Å². The Morgan fingerprint density at radius 2 is 1.62 bits per heavy atom. The number of rotatable bonds is 5. The van der Waals surface area contributed by atoms with E-state index in [2.05, 4.69) is 5.32 Å². The molecule has 0 bridgehead atoms. The van der Waals surface area contributed by atoms with E-state index < -0.39 is 57.2 Å². The van der Waals surface area contributed by atoms with Gasteiger partial charge in [0.05, 0.1) is 22.2 Å². The van der Waals surface area contributed by atoms with E-state index in [9.17, 15) is 36.7 Å². The van der Waals surface area contributed by atoms with Crippen molar-refractivity contribution in [2.45, 2.75) is 28.9 Å². The van der Waals surface area contributed by atoms with E-state index >= 15 is 0 Å². The van der Waals surface area contributed by atoms with Crippen LogP contribution < -0.4 is 15.1 Å². The summed E-state index contributed by atoms with van der Waals surface area (Å²) in [5.74, 6) is -4.47. The summed E-state index contributed by atoms with van der Waals surface area (Å²) in [5, 5.41) is 1.90. The molecule has 3 amide bonds. The van der Waals surface area contributed by atoms with Crippen LogP contribution in [-0.4, -0.2) is 27.5 Å². The zero-order valence-electron chi connectivity index (χ0n) is 21.3. The van der Waals surface area contributed by atoms with Gasteiger partial charge >= 0.3 is 11.0 Å². The number of carbonyl (C=O) groups is 3. The van der Waals surface area contributed by atoms with Gasteiger partial charge < -0.3 is 5.32 Å². The van der Waals surface area contributed by atoms with Gasteiger partial charge in [0, 0.05) is 16.5 Å². The lowest BCUT2D eigenvalue weighted by atomic mass is 9.83. The molecular weight excluding hydrogens is 594 g/mol. The third-order valence-corrected chi connectivity index (χ3v) is 9.67. The van der Waals surface area contributed by atoms with Crippen molar-refractivity contribution in [3.63, 3.8) is 0 Å². The number of carbonyl (C=O) groups excluding carboxylic acids is 3. The van der Waals surface area contributed by atoms with Crippen molar-refractivity contribution in [1.29, 1.82) is 0 Å². The molecule has 0 unspecified atom stereocenters. The third-order valence-electron chi connectivity index (χ3n) is 7.07. The molecule has 3 heterocycles. The van der Waals surface area contributed by atoms with Crippen LogP contribution in [0.3, 0.4) is 0 Å². The molecule has 0 aliphatic carbocycles. The number of thioether (sulfide) groups is 1. The molecule has 6 rings (SSSR count). The summed E-state index contributed by atoms with van der Waals surface area (Å²) in [6, 6.07) is 17.8. The molecule has 2 aliphatic rings. The Morgan fingerprint density at radius 1 is 0.905 bits per heavy atom. The van der Waals surface area contributed by atoms with Crippen LogP contribution in [0.4, 0.5) is 28.9 Å². The van der Waals surface area contributed by atoms with Crippen LogP contribution in [-0.2, 0) is 27.1 Å². The van der Waals surface area contributed by atoms with Crippen LogP contribution in [0.25, 0.3) is 0 Å². The molecule has 1 saturated heterocycles. The lowest BCUT2D eigenvalue weighted by molar-refractivity contribution is -0.137. The Hall–Kier alpha value is -4.23.